The number of benzene rings is 1. The van der Waals surface area contributed by atoms with E-state index in [1.165, 1.54) is 17.4 Å². The molecular weight excluding hydrogens is 267 g/mol. The lowest BCUT2D eigenvalue weighted by atomic mass is 10.2. The fourth-order valence-corrected chi connectivity index (χ4v) is 2.72. The molecule has 0 saturated heterocycles. The summed E-state index contributed by atoms with van der Waals surface area (Å²) in [6, 6.07) is 4.86. The van der Waals surface area contributed by atoms with Crippen molar-refractivity contribution < 1.29 is 9.18 Å². The predicted molar refractivity (Wildman–Crippen MR) is 59.8 cm³/mol. The van der Waals surface area contributed by atoms with Gasteiger partial charge in [-0.3, -0.25) is 4.79 Å². The molecule has 0 saturated carbocycles. The van der Waals surface area contributed by atoms with Gasteiger partial charge in [0.2, 0.25) is 0 Å². The smallest absolute Gasteiger partial charge is 0.150 e. The number of carbonyl (C=O) groups excluding carboxylic acids is 1. The van der Waals surface area contributed by atoms with Gasteiger partial charge in [-0.05, 0) is 23.6 Å². The van der Waals surface area contributed by atoms with Crippen molar-refractivity contribution in [3.8, 4) is 0 Å². The van der Waals surface area contributed by atoms with E-state index in [9.17, 15) is 9.18 Å². The van der Waals surface area contributed by atoms with Crippen molar-refractivity contribution in [2.75, 3.05) is 0 Å². The first kappa shape index (κ1) is 9.80. The van der Waals surface area contributed by atoms with Gasteiger partial charge in [-0.1, -0.05) is 15.9 Å². The van der Waals surface area contributed by atoms with E-state index in [-0.39, 0.29) is 5.82 Å². The number of hydrogen-bond acceptors (Lipinski definition) is 2. The van der Waals surface area contributed by atoms with Gasteiger partial charge in [0.25, 0.3) is 0 Å². The molecule has 1 heterocycles. The quantitative estimate of drug-likeness (QED) is 0.601. The van der Waals surface area contributed by atoms with Crippen LogP contribution in [0.3, 0.4) is 0 Å². The molecule has 1 aromatic carbocycles. The van der Waals surface area contributed by atoms with Gasteiger partial charge < -0.3 is 0 Å². The van der Waals surface area contributed by atoms with E-state index < -0.39 is 0 Å². The van der Waals surface area contributed by atoms with Crippen LogP contribution >= 0.6 is 27.3 Å². The lowest BCUT2D eigenvalue weighted by Gasteiger charge is -1.93. The Morgan fingerprint density at radius 1 is 1.43 bits per heavy atom. The molecule has 1 nitrogen and oxygen atoms in total. The van der Waals surface area contributed by atoms with Crippen molar-refractivity contribution in [1.29, 1.82) is 0 Å². The van der Waals surface area contributed by atoms with Crippen LogP contribution in [0.25, 0.3) is 10.1 Å². The van der Waals surface area contributed by atoms with Gasteiger partial charge in [-0.25, -0.2) is 4.39 Å². The summed E-state index contributed by atoms with van der Waals surface area (Å²) in [5.41, 5.74) is 0.383. The summed E-state index contributed by atoms with van der Waals surface area (Å²) < 4.78 is 14.0. The molecule has 0 aliphatic heterocycles. The Bertz CT molecular complexity index is 492. The molecule has 0 radical (unpaired) electrons. The zero-order valence-electron chi connectivity index (χ0n) is 7.09. The Morgan fingerprint density at radius 3 is 2.86 bits per heavy atom. The molecule has 0 atom stereocenters. The third-order valence-corrected chi connectivity index (χ3v) is 4.05. The molecule has 0 aliphatic rings. The van der Waals surface area contributed by atoms with Gasteiger partial charge in [-0.2, -0.15) is 0 Å². The average Bonchev–Trinajstić information content (AvgIpc) is 2.61. The molecule has 0 N–H and O–H groups in total. The Balaban J connectivity index is 2.73. The van der Waals surface area contributed by atoms with Crippen LogP contribution in [0.4, 0.5) is 4.39 Å². The van der Waals surface area contributed by atoms with Gasteiger partial charge in [-0.15, -0.1) is 11.3 Å². The highest BCUT2D eigenvalue weighted by molar-refractivity contribution is 9.08. The third-order valence-electron chi connectivity index (χ3n) is 1.91. The molecule has 1 aromatic heterocycles. The number of fused-ring (bicyclic) bond motifs is 1. The van der Waals surface area contributed by atoms with E-state index in [1.54, 1.807) is 6.07 Å². The monoisotopic (exact) mass is 272 g/mol. The maximum atomic E-state index is 13.4. The second-order valence-electron chi connectivity index (χ2n) is 2.89. The molecule has 0 amide bonds. The van der Waals surface area contributed by atoms with Gasteiger partial charge in [0.1, 0.15) is 12.1 Å². The molecule has 14 heavy (non-hydrogen) atoms. The van der Waals surface area contributed by atoms with Crippen molar-refractivity contribution >= 4 is 43.6 Å². The third kappa shape index (κ3) is 1.60. The van der Waals surface area contributed by atoms with E-state index in [2.05, 4.69) is 15.9 Å². The molecule has 0 unspecified atom stereocenters. The highest BCUT2D eigenvalue weighted by Gasteiger charge is 2.07. The normalized spacial score (nSPS) is 10.7. The predicted octanol–water partition coefficient (Wildman–Crippen LogP) is 3.75. The average molecular weight is 273 g/mol. The number of aldehydes is 1. The minimum absolute atomic E-state index is 0.318. The topological polar surface area (TPSA) is 17.1 Å². The largest absolute Gasteiger partial charge is 0.298 e. The SMILES string of the molecule is O=Cc1cc(F)c2sc(CBr)cc2c1. The van der Waals surface area contributed by atoms with Gasteiger partial charge in [0.05, 0.1) is 4.70 Å². The highest BCUT2D eigenvalue weighted by atomic mass is 79.9. The van der Waals surface area contributed by atoms with E-state index in [1.807, 2.05) is 6.07 Å². The molecule has 72 valence electrons. The maximum absolute atomic E-state index is 13.4. The van der Waals surface area contributed by atoms with Crippen LogP contribution in [0.1, 0.15) is 15.2 Å². The molecule has 0 fully saturated rings. The molecule has 2 rings (SSSR count). The zero-order valence-corrected chi connectivity index (χ0v) is 9.49. The maximum Gasteiger partial charge on any atom is 0.150 e. The summed E-state index contributed by atoms with van der Waals surface area (Å²) >= 11 is 4.72. The van der Waals surface area contributed by atoms with Gasteiger partial charge in [0.15, 0.2) is 0 Å². The summed E-state index contributed by atoms with van der Waals surface area (Å²) in [6.45, 7) is 0. The van der Waals surface area contributed by atoms with Crippen molar-refractivity contribution in [1.82, 2.24) is 0 Å². The van der Waals surface area contributed by atoms with Crippen LogP contribution in [-0.4, -0.2) is 6.29 Å². The summed E-state index contributed by atoms with van der Waals surface area (Å²) in [7, 11) is 0. The first-order chi connectivity index (χ1) is 6.74. The number of carbonyl (C=O) groups is 1. The summed E-state index contributed by atoms with van der Waals surface area (Å²) in [6.07, 6.45) is 0.661. The Kier molecular flexibility index (Phi) is 2.65. The molecule has 0 aliphatic carbocycles. The van der Waals surface area contributed by atoms with Crippen LogP contribution in [0.15, 0.2) is 18.2 Å². The lowest BCUT2D eigenvalue weighted by Crippen LogP contribution is -1.81. The molecule has 2 aromatic rings. The fourth-order valence-electron chi connectivity index (χ4n) is 1.32. The van der Waals surface area contributed by atoms with Crippen LogP contribution < -0.4 is 0 Å². The van der Waals surface area contributed by atoms with Crippen LogP contribution in [0.2, 0.25) is 0 Å². The second kappa shape index (κ2) is 3.79. The van der Waals surface area contributed by atoms with Crippen molar-refractivity contribution in [2.45, 2.75) is 5.33 Å². The number of rotatable bonds is 2. The van der Waals surface area contributed by atoms with Crippen LogP contribution in [-0.2, 0) is 5.33 Å². The highest BCUT2D eigenvalue weighted by Crippen LogP contribution is 2.30. The van der Waals surface area contributed by atoms with Crippen LogP contribution in [0, 0.1) is 5.82 Å². The Hall–Kier alpha value is -0.740. The lowest BCUT2D eigenvalue weighted by molar-refractivity contribution is 0.112. The van der Waals surface area contributed by atoms with E-state index in [0.717, 1.165) is 10.3 Å². The summed E-state index contributed by atoms with van der Waals surface area (Å²) in [4.78, 5) is 11.6. The van der Waals surface area contributed by atoms with Gasteiger partial charge >= 0.3 is 0 Å². The molecule has 0 bridgehead atoms. The first-order valence-electron chi connectivity index (χ1n) is 3.97. The van der Waals surface area contributed by atoms with Gasteiger partial charge in [0, 0.05) is 15.8 Å². The summed E-state index contributed by atoms with van der Waals surface area (Å²) in [5, 5.41) is 1.51. The Morgan fingerprint density at radius 2 is 2.21 bits per heavy atom. The van der Waals surface area contributed by atoms with Crippen molar-refractivity contribution in [3.63, 3.8) is 0 Å². The van der Waals surface area contributed by atoms with Crippen LogP contribution in [0.5, 0.6) is 0 Å². The van der Waals surface area contributed by atoms with E-state index in [0.29, 0.717) is 21.9 Å². The molecule has 0 spiro atoms. The number of alkyl halides is 1. The van der Waals surface area contributed by atoms with Crippen molar-refractivity contribution in [3.05, 3.63) is 34.5 Å². The number of thiophene rings is 1. The standard InChI is InChI=1S/C10H6BrFOS/c11-4-8-3-7-1-6(5-13)2-9(12)10(7)14-8/h1-3,5H,4H2. The molecule has 4 heteroatoms. The number of halogens is 2. The second-order valence-corrected chi connectivity index (χ2v) is 4.58. The Labute approximate surface area is 92.7 Å². The van der Waals surface area contributed by atoms with Crippen molar-refractivity contribution in [2.24, 2.45) is 0 Å². The fraction of sp³-hybridized carbons (Fsp3) is 0.100. The number of hydrogen-bond donors (Lipinski definition) is 0. The first-order valence-corrected chi connectivity index (χ1v) is 5.91. The minimum atomic E-state index is -0.318. The summed E-state index contributed by atoms with van der Waals surface area (Å²) in [5.74, 6) is -0.318. The molecular formula is C10H6BrFOS. The van der Waals surface area contributed by atoms with E-state index in [4.69, 9.17) is 0 Å². The zero-order chi connectivity index (χ0) is 10.1. The minimum Gasteiger partial charge on any atom is -0.298 e. The van der Waals surface area contributed by atoms with E-state index >= 15 is 0 Å².